The molecule has 138 valence electrons. The van der Waals surface area contributed by atoms with Gasteiger partial charge in [-0.15, -0.1) is 0 Å². The average molecular weight is 370 g/mol. The van der Waals surface area contributed by atoms with Crippen LogP contribution < -0.4 is 16.0 Å². The number of nitriles is 1. The number of fused-ring (bicyclic) bond motifs is 1. The second-order valence-electron chi connectivity index (χ2n) is 6.65. The molecule has 0 aliphatic carbocycles. The highest BCUT2D eigenvalue weighted by Crippen LogP contribution is 2.40. The smallest absolute Gasteiger partial charge is 0.259 e. The third kappa shape index (κ3) is 2.93. The van der Waals surface area contributed by atoms with Crippen LogP contribution in [0.5, 0.6) is 5.75 Å². The van der Waals surface area contributed by atoms with Crippen molar-refractivity contribution in [3.05, 3.63) is 105 Å². The number of hydrogen-bond donors (Lipinski definition) is 1. The van der Waals surface area contributed by atoms with Crippen LogP contribution in [0, 0.1) is 18.3 Å². The van der Waals surface area contributed by atoms with Crippen LogP contribution in [0.15, 0.2) is 77.2 Å². The SMILES string of the molecule is Cc1cc2c(c(=O)n1Cc1ccccc1)[C@H](c1cccnc1)C(C#N)=C(N)O2. The van der Waals surface area contributed by atoms with Crippen LogP contribution in [0.2, 0.25) is 0 Å². The van der Waals surface area contributed by atoms with Crippen molar-refractivity contribution in [1.82, 2.24) is 9.55 Å². The van der Waals surface area contributed by atoms with E-state index in [1.54, 1.807) is 29.1 Å². The maximum absolute atomic E-state index is 13.5. The van der Waals surface area contributed by atoms with Gasteiger partial charge in [-0.1, -0.05) is 36.4 Å². The number of pyridine rings is 2. The first-order valence-electron chi connectivity index (χ1n) is 8.86. The molecule has 1 aliphatic rings. The first kappa shape index (κ1) is 17.6. The van der Waals surface area contributed by atoms with Gasteiger partial charge >= 0.3 is 0 Å². The summed E-state index contributed by atoms with van der Waals surface area (Å²) in [5.41, 5.74) is 8.91. The van der Waals surface area contributed by atoms with Crippen molar-refractivity contribution in [3.63, 3.8) is 0 Å². The molecule has 0 unspecified atom stereocenters. The molecule has 0 spiro atoms. The topological polar surface area (TPSA) is 93.9 Å². The third-order valence-corrected chi connectivity index (χ3v) is 4.89. The van der Waals surface area contributed by atoms with Gasteiger partial charge < -0.3 is 15.0 Å². The van der Waals surface area contributed by atoms with Crippen LogP contribution in [-0.4, -0.2) is 9.55 Å². The minimum atomic E-state index is -0.613. The van der Waals surface area contributed by atoms with Gasteiger partial charge in [-0.3, -0.25) is 9.78 Å². The van der Waals surface area contributed by atoms with E-state index in [2.05, 4.69) is 11.1 Å². The number of aryl methyl sites for hydroxylation is 1. The first-order chi connectivity index (χ1) is 13.6. The molecule has 0 bridgehead atoms. The maximum Gasteiger partial charge on any atom is 0.259 e. The van der Waals surface area contributed by atoms with Crippen LogP contribution in [0.25, 0.3) is 0 Å². The minimum Gasteiger partial charge on any atom is -0.440 e. The standard InChI is InChI=1S/C22H18N4O2/c1-14-10-18-20(22(27)26(14)13-15-6-3-2-4-7-15)19(16-8-5-9-25-12-16)17(11-23)21(24)28-18/h2-10,12,19H,13,24H2,1H3/t19-/m1/s1. The summed E-state index contributed by atoms with van der Waals surface area (Å²) in [6.45, 7) is 2.28. The molecule has 0 fully saturated rings. The molecule has 3 heterocycles. The van der Waals surface area contributed by atoms with E-state index >= 15 is 0 Å². The fourth-order valence-electron chi connectivity index (χ4n) is 3.53. The second-order valence-corrected chi connectivity index (χ2v) is 6.65. The summed E-state index contributed by atoms with van der Waals surface area (Å²) in [4.78, 5) is 17.6. The van der Waals surface area contributed by atoms with Crippen molar-refractivity contribution in [2.45, 2.75) is 19.4 Å². The lowest BCUT2D eigenvalue weighted by Crippen LogP contribution is -2.33. The van der Waals surface area contributed by atoms with Crippen molar-refractivity contribution >= 4 is 0 Å². The lowest BCUT2D eigenvalue weighted by molar-refractivity contribution is 0.389. The number of nitrogens with zero attached hydrogens (tertiary/aromatic N) is 3. The second kappa shape index (κ2) is 7.05. The number of rotatable bonds is 3. The summed E-state index contributed by atoms with van der Waals surface area (Å²) in [6, 6.07) is 17.3. The van der Waals surface area contributed by atoms with Crippen LogP contribution in [0.3, 0.4) is 0 Å². The minimum absolute atomic E-state index is 0.0171. The van der Waals surface area contributed by atoms with E-state index in [-0.39, 0.29) is 17.0 Å². The largest absolute Gasteiger partial charge is 0.440 e. The van der Waals surface area contributed by atoms with Crippen LogP contribution >= 0.6 is 0 Å². The number of benzene rings is 1. The van der Waals surface area contributed by atoms with Gasteiger partial charge in [0.15, 0.2) is 0 Å². The number of allylic oxidation sites excluding steroid dienone is 1. The Kier molecular flexibility index (Phi) is 4.42. The Bertz CT molecular complexity index is 1160. The Morgan fingerprint density at radius 1 is 1.25 bits per heavy atom. The fraction of sp³-hybridized carbons (Fsp3) is 0.136. The molecule has 0 amide bonds. The predicted octanol–water partition coefficient (Wildman–Crippen LogP) is 2.82. The summed E-state index contributed by atoms with van der Waals surface area (Å²) >= 11 is 0. The third-order valence-electron chi connectivity index (χ3n) is 4.89. The Morgan fingerprint density at radius 2 is 2.04 bits per heavy atom. The quantitative estimate of drug-likeness (QED) is 0.765. The van der Waals surface area contributed by atoms with E-state index in [1.807, 2.05) is 43.3 Å². The monoisotopic (exact) mass is 370 g/mol. The first-order valence-corrected chi connectivity index (χ1v) is 8.86. The van der Waals surface area contributed by atoms with Gasteiger partial charge in [-0.25, -0.2) is 0 Å². The highest BCUT2D eigenvalue weighted by atomic mass is 16.5. The highest BCUT2D eigenvalue weighted by Gasteiger charge is 2.34. The zero-order valence-corrected chi connectivity index (χ0v) is 15.3. The van der Waals surface area contributed by atoms with E-state index < -0.39 is 5.92 Å². The van der Waals surface area contributed by atoms with Gasteiger partial charge in [0.25, 0.3) is 5.56 Å². The summed E-state index contributed by atoms with van der Waals surface area (Å²) in [6.07, 6.45) is 3.29. The van der Waals surface area contributed by atoms with Crippen LogP contribution in [0.1, 0.15) is 28.3 Å². The Labute approximate surface area is 162 Å². The zero-order chi connectivity index (χ0) is 19.7. The summed E-state index contributed by atoms with van der Waals surface area (Å²) in [5.74, 6) is -0.210. The molecular weight excluding hydrogens is 352 g/mol. The summed E-state index contributed by atoms with van der Waals surface area (Å²) in [7, 11) is 0. The predicted molar refractivity (Wildman–Crippen MR) is 105 cm³/mol. The van der Waals surface area contributed by atoms with Gasteiger partial charge in [0.05, 0.1) is 18.0 Å². The number of nitrogens with two attached hydrogens (primary N) is 1. The van der Waals surface area contributed by atoms with Gasteiger partial charge in [-0.2, -0.15) is 5.26 Å². The van der Waals surface area contributed by atoms with Crippen molar-refractivity contribution in [2.24, 2.45) is 5.73 Å². The molecule has 2 N–H and O–H groups in total. The lowest BCUT2D eigenvalue weighted by Gasteiger charge is -2.27. The van der Waals surface area contributed by atoms with E-state index in [9.17, 15) is 10.1 Å². The van der Waals surface area contributed by atoms with Crippen molar-refractivity contribution < 1.29 is 4.74 Å². The average Bonchev–Trinajstić information content (AvgIpc) is 2.71. The molecule has 1 aromatic carbocycles. The number of hydrogen-bond acceptors (Lipinski definition) is 5. The van der Waals surface area contributed by atoms with Gasteiger partial charge in [0, 0.05) is 24.2 Å². The van der Waals surface area contributed by atoms with Gasteiger partial charge in [-0.05, 0) is 24.1 Å². The lowest BCUT2D eigenvalue weighted by atomic mass is 9.85. The number of ether oxygens (including phenoxy) is 1. The van der Waals surface area contributed by atoms with Crippen LogP contribution in [0.4, 0.5) is 0 Å². The fourth-order valence-corrected chi connectivity index (χ4v) is 3.53. The Morgan fingerprint density at radius 3 is 2.71 bits per heavy atom. The molecule has 3 aromatic rings. The molecule has 2 aromatic heterocycles. The molecular formula is C22H18N4O2. The van der Waals surface area contributed by atoms with Gasteiger partial charge in [0.1, 0.15) is 17.4 Å². The van der Waals surface area contributed by atoms with E-state index in [0.717, 1.165) is 16.8 Å². The Balaban J connectivity index is 1.93. The zero-order valence-electron chi connectivity index (χ0n) is 15.3. The van der Waals surface area contributed by atoms with Crippen molar-refractivity contribution in [2.75, 3.05) is 0 Å². The van der Waals surface area contributed by atoms with E-state index in [1.165, 1.54) is 0 Å². The highest BCUT2D eigenvalue weighted by molar-refractivity contribution is 5.54. The van der Waals surface area contributed by atoms with Crippen molar-refractivity contribution in [1.29, 1.82) is 5.26 Å². The molecule has 0 saturated heterocycles. The molecule has 1 aliphatic heterocycles. The molecule has 1 atom stereocenters. The van der Waals surface area contributed by atoms with E-state index in [4.69, 9.17) is 10.5 Å². The molecule has 6 nitrogen and oxygen atoms in total. The van der Waals surface area contributed by atoms with Gasteiger partial charge in [0.2, 0.25) is 5.88 Å². The molecule has 0 radical (unpaired) electrons. The summed E-state index contributed by atoms with van der Waals surface area (Å²) in [5, 5.41) is 9.67. The normalized spacial score (nSPS) is 15.5. The molecule has 28 heavy (non-hydrogen) atoms. The van der Waals surface area contributed by atoms with E-state index in [0.29, 0.717) is 17.9 Å². The van der Waals surface area contributed by atoms with Crippen LogP contribution in [-0.2, 0) is 6.54 Å². The summed E-state index contributed by atoms with van der Waals surface area (Å²) < 4.78 is 7.35. The molecule has 4 rings (SSSR count). The molecule has 6 heteroatoms. The number of aromatic nitrogens is 2. The maximum atomic E-state index is 13.5. The van der Waals surface area contributed by atoms with Crippen molar-refractivity contribution in [3.8, 4) is 11.8 Å². The molecule has 0 saturated carbocycles. The Hall–Kier alpha value is -3.85.